The molecule has 6 heteroatoms. The van der Waals surface area contributed by atoms with Gasteiger partial charge in [0.2, 0.25) is 0 Å². The van der Waals surface area contributed by atoms with E-state index >= 15 is 0 Å². The van der Waals surface area contributed by atoms with Crippen LogP contribution in [-0.2, 0) is 11.3 Å². The highest BCUT2D eigenvalue weighted by Crippen LogP contribution is 2.15. The largest absolute Gasteiger partial charge is 0.395 e. The lowest BCUT2D eigenvalue weighted by Crippen LogP contribution is -2.29. The number of aliphatic hydroxyl groups excluding tert-OH is 1. The molecule has 0 aromatic carbocycles. The minimum atomic E-state index is 0.0917. The van der Waals surface area contributed by atoms with Gasteiger partial charge in [0.25, 0.3) is 0 Å². The van der Waals surface area contributed by atoms with Crippen LogP contribution in [0.3, 0.4) is 0 Å². The molecule has 0 atom stereocenters. The molecular weight excluding hydrogens is 244 g/mol. The molecule has 1 aromatic heterocycles. The quantitative estimate of drug-likeness (QED) is 0.700. The maximum absolute atomic E-state index is 9.14. The Balaban J connectivity index is 2.84. The van der Waals surface area contributed by atoms with Gasteiger partial charge >= 0.3 is 0 Å². The average Bonchev–Trinajstić information content (AvgIpc) is 2.40. The summed E-state index contributed by atoms with van der Waals surface area (Å²) in [4.78, 5) is 10.6. The molecular formula is C13H24N4O2. The van der Waals surface area contributed by atoms with Gasteiger partial charge in [0.15, 0.2) is 5.82 Å². The zero-order chi connectivity index (χ0) is 14.1. The van der Waals surface area contributed by atoms with Gasteiger partial charge in [0.05, 0.1) is 6.61 Å². The normalized spacial score (nSPS) is 10.7. The van der Waals surface area contributed by atoms with E-state index in [1.165, 1.54) is 0 Å². The molecule has 0 aliphatic heterocycles. The minimum Gasteiger partial charge on any atom is -0.395 e. The van der Waals surface area contributed by atoms with E-state index < -0.39 is 0 Å². The molecule has 6 nitrogen and oxygen atoms in total. The highest BCUT2D eigenvalue weighted by atomic mass is 16.5. The summed E-state index contributed by atoms with van der Waals surface area (Å²) in [6.45, 7) is 6.51. The maximum Gasteiger partial charge on any atom is 0.158 e. The van der Waals surface area contributed by atoms with Crippen LogP contribution in [0.25, 0.3) is 0 Å². The van der Waals surface area contributed by atoms with E-state index in [1.807, 2.05) is 11.8 Å². The first-order chi connectivity index (χ1) is 9.21. The zero-order valence-electron chi connectivity index (χ0n) is 11.8. The van der Waals surface area contributed by atoms with Gasteiger partial charge in [0.1, 0.15) is 18.2 Å². The van der Waals surface area contributed by atoms with Crippen LogP contribution in [0.15, 0.2) is 6.07 Å². The van der Waals surface area contributed by atoms with Gasteiger partial charge in [-0.05, 0) is 13.3 Å². The Morgan fingerprint density at radius 1 is 1.32 bits per heavy atom. The van der Waals surface area contributed by atoms with Gasteiger partial charge in [-0.15, -0.1) is 0 Å². The number of aromatic nitrogens is 2. The number of unbranched alkanes of at least 4 members (excludes halogenated alkanes) is 1. The van der Waals surface area contributed by atoms with Crippen LogP contribution in [0.1, 0.15) is 32.5 Å². The number of ether oxygens (including phenoxy) is 1. The summed E-state index contributed by atoms with van der Waals surface area (Å²) in [5, 5.41) is 9.14. The SMILES string of the molecule is CCCCN(CCO)c1cc(N)nc(COCC)n1. The Morgan fingerprint density at radius 3 is 2.74 bits per heavy atom. The fraction of sp³-hybridized carbons (Fsp3) is 0.692. The van der Waals surface area contributed by atoms with Crippen molar-refractivity contribution in [3.05, 3.63) is 11.9 Å². The number of aliphatic hydroxyl groups is 1. The second-order valence-corrected chi connectivity index (χ2v) is 4.27. The van der Waals surface area contributed by atoms with E-state index in [0.717, 1.165) is 25.2 Å². The number of hydrogen-bond donors (Lipinski definition) is 2. The molecule has 0 saturated heterocycles. The molecule has 0 spiro atoms. The van der Waals surface area contributed by atoms with Crippen molar-refractivity contribution >= 4 is 11.6 Å². The molecule has 0 bridgehead atoms. The number of nitrogens with two attached hydrogens (primary N) is 1. The van der Waals surface area contributed by atoms with Gasteiger partial charge in [-0.3, -0.25) is 0 Å². The summed E-state index contributed by atoms with van der Waals surface area (Å²) in [6, 6.07) is 1.74. The summed E-state index contributed by atoms with van der Waals surface area (Å²) < 4.78 is 5.30. The van der Waals surface area contributed by atoms with E-state index in [2.05, 4.69) is 16.9 Å². The van der Waals surface area contributed by atoms with Gasteiger partial charge in [-0.1, -0.05) is 13.3 Å². The van der Waals surface area contributed by atoms with Gasteiger partial charge in [-0.2, -0.15) is 0 Å². The van der Waals surface area contributed by atoms with Crippen molar-refractivity contribution in [1.29, 1.82) is 0 Å². The van der Waals surface area contributed by atoms with Crippen molar-refractivity contribution in [2.45, 2.75) is 33.3 Å². The van der Waals surface area contributed by atoms with Crippen molar-refractivity contribution in [1.82, 2.24) is 9.97 Å². The van der Waals surface area contributed by atoms with Crippen LogP contribution in [-0.4, -0.2) is 41.4 Å². The lowest BCUT2D eigenvalue weighted by atomic mass is 10.3. The Hall–Kier alpha value is -1.40. The van der Waals surface area contributed by atoms with E-state index in [4.69, 9.17) is 15.6 Å². The summed E-state index contributed by atoms with van der Waals surface area (Å²) in [5.41, 5.74) is 5.80. The number of anilines is 2. The summed E-state index contributed by atoms with van der Waals surface area (Å²) in [7, 11) is 0. The lowest BCUT2D eigenvalue weighted by molar-refractivity contribution is 0.128. The molecule has 19 heavy (non-hydrogen) atoms. The Labute approximate surface area is 114 Å². The van der Waals surface area contributed by atoms with E-state index in [1.54, 1.807) is 6.07 Å². The standard InChI is InChI=1S/C13H24N4O2/c1-3-5-6-17(7-8-18)13-9-11(14)15-12(16-13)10-19-4-2/h9,18H,3-8,10H2,1-2H3,(H2,14,15,16). The molecule has 3 N–H and O–H groups in total. The molecule has 0 aliphatic rings. The van der Waals surface area contributed by atoms with Crippen LogP contribution >= 0.6 is 0 Å². The van der Waals surface area contributed by atoms with Crippen LogP contribution in [0.5, 0.6) is 0 Å². The smallest absolute Gasteiger partial charge is 0.158 e. The molecule has 1 heterocycles. The first-order valence-electron chi connectivity index (χ1n) is 6.78. The number of nitrogen functional groups attached to an aromatic ring is 1. The van der Waals surface area contributed by atoms with Crippen LogP contribution in [0.2, 0.25) is 0 Å². The molecule has 1 rings (SSSR count). The van der Waals surface area contributed by atoms with Crippen LogP contribution < -0.4 is 10.6 Å². The zero-order valence-corrected chi connectivity index (χ0v) is 11.8. The Bertz CT molecular complexity index is 374. The summed E-state index contributed by atoms with van der Waals surface area (Å²) in [5.74, 6) is 1.76. The fourth-order valence-electron chi connectivity index (χ4n) is 1.73. The third kappa shape index (κ3) is 5.40. The van der Waals surface area contributed by atoms with Gasteiger partial charge in [-0.25, -0.2) is 9.97 Å². The molecule has 0 fully saturated rings. The van der Waals surface area contributed by atoms with E-state index in [0.29, 0.717) is 31.4 Å². The highest BCUT2D eigenvalue weighted by Gasteiger charge is 2.10. The molecule has 108 valence electrons. The predicted octanol–water partition coefficient (Wildman–Crippen LogP) is 1.19. The summed E-state index contributed by atoms with van der Waals surface area (Å²) in [6.07, 6.45) is 2.14. The molecule has 0 amide bonds. The molecule has 0 aliphatic carbocycles. The van der Waals surface area contributed by atoms with Crippen molar-refractivity contribution < 1.29 is 9.84 Å². The predicted molar refractivity (Wildman–Crippen MR) is 76.0 cm³/mol. The Kier molecular flexibility index (Phi) is 7.14. The average molecular weight is 268 g/mol. The summed E-state index contributed by atoms with van der Waals surface area (Å²) >= 11 is 0. The van der Waals surface area contributed by atoms with Crippen LogP contribution in [0, 0.1) is 0 Å². The van der Waals surface area contributed by atoms with Crippen LogP contribution in [0.4, 0.5) is 11.6 Å². The van der Waals surface area contributed by atoms with Gasteiger partial charge in [0, 0.05) is 25.8 Å². The minimum absolute atomic E-state index is 0.0917. The number of hydrogen-bond acceptors (Lipinski definition) is 6. The third-order valence-electron chi connectivity index (χ3n) is 2.69. The monoisotopic (exact) mass is 268 g/mol. The second-order valence-electron chi connectivity index (χ2n) is 4.27. The molecule has 1 aromatic rings. The first-order valence-corrected chi connectivity index (χ1v) is 6.78. The third-order valence-corrected chi connectivity index (χ3v) is 2.69. The van der Waals surface area contributed by atoms with Gasteiger partial charge < -0.3 is 20.5 Å². The highest BCUT2D eigenvalue weighted by molar-refractivity contribution is 5.46. The Morgan fingerprint density at radius 2 is 2.11 bits per heavy atom. The molecule has 0 unspecified atom stereocenters. The van der Waals surface area contributed by atoms with E-state index in [9.17, 15) is 0 Å². The fourth-order valence-corrected chi connectivity index (χ4v) is 1.73. The van der Waals surface area contributed by atoms with Crippen molar-refractivity contribution in [2.24, 2.45) is 0 Å². The van der Waals surface area contributed by atoms with Crippen molar-refractivity contribution in [2.75, 3.05) is 36.9 Å². The van der Waals surface area contributed by atoms with Crippen molar-refractivity contribution in [3.63, 3.8) is 0 Å². The number of nitrogens with zero attached hydrogens (tertiary/aromatic N) is 3. The van der Waals surface area contributed by atoms with Crippen molar-refractivity contribution in [3.8, 4) is 0 Å². The second kappa shape index (κ2) is 8.66. The van der Waals surface area contributed by atoms with E-state index in [-0.39, 0.29) is 6.61 Å². The lowest BCUT2D eigenvalue weighted by Gasteiger charge is -2.23. The molecule has 0 saturated carbocycles. The number of rotatable bonds is 9. The molecule has 0 radical (unpaired) electrons. The first kappa shape index (κ1) is 15.7. The maximum atomic E-state index is 9.14. The topological polar surface area (TPSA) is 84.5 Å².